The number of aliphatic hydroxyl groups excluding tert-OH is 2. The number of hydrogen-bond donors (Lipinski definition) is 2. The summed E-state index contributed by atoms with van der Waals surface area (Å²) in [6, 6.07) is 0. The Hall–Kier alpha value is -0.0800. The Morgan fingerprint density at radius 2 is 1.15 bits per heavy atom. The fourth-order valence-corrected chi connectivity index (χ4v) is 4.25. The van der Waals surface area contributed by atoms with Crippen LogP contribution in [0.3, 0.4) is 0 Å². The molecule has 0 aliphatic heterocycles. The van der Waals surface area contributed by atoms with Gasteiger partial charge in [0.15, 0.2) is 0 Å². The molecule has 0 aromatic carbocycles. The van der Waals surface area contributed by atoms with Gasteiger partial charge >= 0.3 is 0 Å². The maximum absolute atomic E-state index is 9.91. The van der Waals surface area contributed by atoms with E-state index in [1.54, 1.807) is 0 Å². The molecule has 3 rings (SSSR count). The molecule has 74 valence electrons. The molecule has 6 atom stereocenters. The molecule has 0 aromatic heterocycles. The van der Waals surface area contributed by atoms with E-state index >= 15 is 0 Å². The van der Waals surface area contributed by atoms with Crippen molar-refractivity contribution in [2.75, 3.05) is 0 Å². The van der Waals surface area contributed by atoms with Gasteiger partial charge in [0.25, 0.3) is 0 Å². The predicted molar refractivity (Wildman–Crippen MR) is 49.1 cm³/mol. The van der Waals surface area contributed by atoms with Gasteiger partial charge in [-0.1, -0.05) is 0 Å². The minimum Gasteiger partial charge on any atom is -0.393 e. The van der Waals surface area contributed by atoms with Crippen molar-refractivity contribution in [2.24, 2.45) is 23.7 Å². The third-order valence-corrected chi connectivity index (χ3v) is 4.69. The molecule has 3 aliphatic rings. The standard InChI is InChI=1S/C11H18O2/c12-8-3-4-9(13)11-7-2-1-6(5-7)10(8)11/h6-13H,1-5H2. The second-order valence-corrected chi connectivity index (χ2v) is 5.20. The Kier molecular flexibility index (Phi) is 1.72. The van der Waals surface area contributed by atoms with Crippen molar-refractivity contribution in [3.8, 4) is 0 Å². The summed E-state index contributed by atoms with van der Waals surface area (Å²) < 4.78 is 0. The molecule has 2 heteroatoms. The van der Waals surface area contributed by atoms with Gasteiger partial charge in [-0.25, -0.2) is 0 Å². The van der Waals surface area contributed by atoms with Crippen LogP contribution < -0.4 is 0 Å². The van der Waals surface area contributed by atoms with Crippen LogP contribution >= 0.6 is 0 Å². The SMILES string of the molecule is OC1CCC(O)C2C3CCC(C3)C12. The zero-order chi connectivity index (χ0) is 9.00. The normalized spacial score (nSPS) is 59.5. The Labute approximate surface area is 79.0 Å². The van der Waals surface area contributed by atoms with Gasteiger partial charge in [0, 0.05) is 0 Å². The number of aliphatic hydroxyl groups is 2. The van der Waals surface area contributed by atoms with Gasteiger partial charge in [-0.05, 0) is 55.8 Å². The van der Waals surface area contributed by atoms with Crippen LogP contribution in [0.15, 0.2) is 0 Å². The highest BCUT2D eigenvalue weighted by atomic mass is 16.3. The van der Waals surface area contributed by atoms with Gasteiger partial charge in [0.1, 0.15) is 0 Å². The number of fused-ring (bicyclic) bond motifs is 5. The van der Waals surface area contributed by atoms with Crippen LogP contribution in [-0.4, -0.2) is 22.4 Å². The number of hydrogen-bond acceptors (Lipinski definition) is 2. The molecule has 2 nitrogen and oxygen atoms in total. The maximum atomic E-state index is 9.91. The van der Waals surface area contributed by atoms with Crippen molar-refractivity contribution in [3.05, 3.63) is 0 Å². The lowest BCUT2D eigenvalue weighted by atomic mass is 9.68. The van der Waals surface area contributed by atoms with E-state index in [1.165, 1.54) is 19.3 Å². The first-order chi connectivity index (χ1) is 6.27. The van der Waals surface area contributed by atoms with Crippen molar-refractivity contribution >= 4 is 0 Å². The summed E-state index contributed by atoms with van der Waals surface area (Å²) >= 11 is 0. The van der Waals surface area contributed by atoms with E-state index in [9.17, 15) is 10.2 Å². The molecule has 0 radical (unpaired) electrons. The van der Waals surface area contributed by atoms with Crippen LogP contribution in [0, 0.1) is 23.7 Å². The highest BCUT2D eigenvalue weighted by molar-refractivity contribution is 5.03. The van der Waals surface area contributed by atoms with E-state index in [0.717, 1.165) is 24.7 Å². The minimum atomic E-state index is -0.108. The summed E-state index contributed by atoms with van der Waals surface area (Å²) in [5, 5.41) is 19.8. The van der Waals surface area contributed by atoms with Crippen molar-refractivity contribution in [2.45, 2.75) is 44.3 Å². The summed E-state index contributed by atoms with van der Waals surface area (Å²) in [7, 11) is 0. The maximum Gasteiger partial charge on any atom is 0.0575 e. The smallest absolute Gasteiger partial charge is 0.0575 e. The Balaban J connectivity index is 1.89. The Bertz CT molecular complexity index is 194. The van der Waals surface area contributed by atoms with E-state index in [2.05, 4.69) is 0 Å². The van der Waals surface area contributed by atoms with Crippen molar-refractivity contribution in [1.82, 2.24) is 0 Å². The van der Waals surface area contributed by atoms with E-state index in [4.69, 9.17) is 0 Å². The average molecular weight is 182 g/mol. The van der Waals surface area contributed by atoms with E-state index in [0.29, 0.717) is 11.8 Å². The lowest BCUT2D eigenvalue weighted by molar-refractivity contribution is -0.0658. The van der Waals surface area contributed by atoms with E-state index in [-0.39, 0.29) is 12.2 Å². The molecule has 2 bridgehead atoms. The highest BCUT2D eigenvalue weighted by Crippen LogP contribution is 2.57. The number of rotatable bonds is 0. The van der Waals surface area contributed by atoms with Gasteiger partial charge in [-0.15, -0.1) is 0 Å². The molecule has 0 heterocycles. The van der Waals surface area contributed by atoms with Crippen LogP contribution in [0.25, 0.3) is 0 Å². The topological polar surface area (TPSA) is 40.5 Å². The quantitative estimate of drug-likeness (QED) is 0.590. The van der Waals surface area contributed by atoms with Gasteiger partial charge in [-0.3, -0.25) is 0 Å². The van der Waals surface area contributed by atoms with Gasteiger partial charge in [0.05, 0.1) is 12.2 Å². The Morgan fingerprint density at radius 3 is 1.62 bits per heavy atom. The molecule has 3 saturated carbocycles. The second kappa shape index (κ2) is 2.71. The largest absolute Gasteiger partial charge is 0.393 e. The molecule has 0 spiro atoms. The highest BCUT2D eigenvalue weighted by Gasteiger charge is 2.54. The molecular formula is C11H18O2. The summed E-state index contributed by atoms with van der Waals surface area (Å²) in [6.45, 7) is 0. The first-order valence-electron chi connectivity index (χ1n) is 5.63. The molecule has 0 aromatic rings. The molecule has 3 aliphatic carbocycles. The monoisotopic (exact) mass is 182 g/mol. The third-order valence-electron chi connectivity index (χ3n) is 4.69. The minimum absolute atomic E-state index is 0.108. The fraction of sp³-hybridized carbons (Fsp3) is 1.00. The zero-order valence-corrected chi connectivity index (χ0v) is 7.89. The first-order valence-corrected chi connectivity index (χ1v) is 5.63. The van der Waals surface area contributed by atoms with Crippen LogP contribution in [0.2, 0.25) is 0 Å². The molecular weight excluding hydrogens is 164 g/mol. The van der Waals surface area contributed by atoms with Gasteiger partial charge in [-0.2, -0.15) is 0 Å². The molecule has 0 saturated heterocycles. The van der Waals surface area contributed by atoms with Crippen LogP contribution in [0.1, 0.15) is 32.1 Å². The van der Waals surface area contributed by atoms with Crippen molar-refractivity contribution < 1.29 is 10.2 Å². The summed E-state index contributed by atoms with van der Waals surface area (Å²) in [4.78, 5) is 0. The molecule has 6 unspecified atom stereocenters. The molecule has 3 fully saturated rings. The second-order valence-electron chi connectivity index (χ2n) is 5.20. The lowest BCUT2D eigenvalue weighted by Crippen LogP contribution is -2.44. The average Bonchev–Trinajstić information content (AvgIpc) is 2.70. The summed E-state index contributed by atoms with van der Waals surface area (Å²) in [6.07, 6.45) is 5.32. The van der Waals surface area contributed by atoms with Crippen LogP contribution in [0.5, 0.6) is 0 Å². The molecule has 13 heavy (non-hydrogen) atoms. The van der Waals surface area contributed by atoms with Gasteiger partial charge in [0.2, 0.25) is 0 Å². The molecule has 2 N–H and O–H groups in total. The predicted octanol–water partition coefficient (Wildman–Crippen LogP) is 1.16. The van der Waals surface area contributed by atoms with Crippen LogP contribution in [-0.2, 0) is 0 Å². The fourth-order valence-electron chi connectivity index (χ4n) is 4.25. The van der Waals surface area contributed by atoms with Gasteiger partial charge < -0.3 is 10.2 Å². The zero-order valence-electron chi connectivity index (χ0n) is 7.89. The van der Waals surface area contributed by atoms with Crippen molar-refractivity contribution in [3.63, 3.8) is 0 Å². The van der Waals surface area contributed by atoms with Crippen LogP contribution in [0.4, 0.5) is 0 Å². The Morgan fingerprint density at radius 1 is 0.692 bits per heavy atom. The van der Waals surface area contributed by atoms with E-state index in [1.807, 2.05) is 0 Å². The molecule has 0 amide bonds. The van der Waals surface area contributed by atoms with E-state index < -0.39 is 0 Å². The lowest BCUT2D eigenvalue weighted by Gasteiger charge is -2.41. The third kappa shape index (κ3) is 1.02. The summed E-state index contributed by atoms with van der Waals surface area (Å²) in [5.41, 5.74) is 0. The van der Waals surface area contributed by atoms with Crippen molar-refractivity contribution in [1.29, 1.82) is 0 Å². The summed E-state index contributed by atoms with van der Waals surface area (Å²) in [5.74, 6) is 2.37. The first kappa shape index (κ1) is 8.25.